The van der Waals surface area contributed by atoms with Crippen LogP contribution in [0, 0.1) is 5.92 Å². The van der Waals surface area contributed by atoms with Crippen molar-refractivity contribution < 1.29 is 29.0 Å². The maximum absolute atomic E-state index is 12.2. The Labute approximate surface area is 157 Å². The molecule has 0 saturated heterocycles. The summed E-state index contributed by atoms with van der Waals surface area (Å²) in [5.74, 6) is -1.78. The van der Waals surface area contributed by atoms with Gasteiger partial charge in [0.05, 0.1) is 12.0 Å². The molecule has 0 saturated carbocycles. The van der Waals surface area contributed by atoms with Gasteiger partial charge in [-0.05, 0) is 24.1 Å². The first-order chi connectivity index (χ1) is 12.2. The smallest absolute Gasteiger partial charge is 0.410 e. The van der Waals surface area contributed by atoms with Gasteiger partial charge < -0.3 is 19.9 Å². The van der Waals surface area contributed by atoms with Crippen molar-refractivity contribution >= 4 is 29.6 Å². The second-order valence-corrected chi connectivity index (χ2v) is 6.45. The fourth-order valence-corrected chi connectivity index (χ4v) is 2.16. The molecule has 8 heteroatoms. The summed E-state index contributed by atoms with van der Waals surface area (Å²) in [6, 6.07) is 6.12. The highest BCUT2D eigenvalue weighted by molar-refractivity contribution is 6.30. The Kier molecular flexibility index (Phi) is 8.92. The van der Waals surface area contributed by atoms with Gasteiger partial charge in [-0.1, -0.05) is 44.5 Å². The zero-order valence-electron chi connectivity index (χ0n) is 15.0. The molecule has 7 nitrogen and oxygen atoms in total. The van der Waals surface area contributed by atoms with Crippen molar-refractivity contribution in [3.8, 4) is 0 Å². The molecule has 0 aromatic heterocycles. The summed E-state index contributed by atoms with van der Waals surface area (Å²) in [6.07, 6.45) is -1.46. The molecular weight excluding hydrogens is 362 g/mol. The second kappa shape index (κ2) is 10.7. The highest BCUT2D eigenvalue weighted by atomic mass is 35.5. The van der Waals surface area contributed by atoms with Gasteiger partial charge in [0.25, 0.3) is 0 Å². The molecule has 26 heavy (non-hydrogen) atoms. The Balaban J connectivity index is 2.75. The van der Waals surface area contributed by atoms with Crippen LogP contribution in [0.2, 0.25) is 5.02 Å². The van der Waals surface area contributed by atoms with E-state index in [0.717, 1.165) is 0 Å². The van der Waals surface area contributed by atoms with Gasteiger partial charge >= 0.3 is 18.0 Å². The number of carbonyl (C=O) groups is 3. The van der Waals surface area contributed by atoms with Crippen molar-refractivity contribution in [2.75, 3.05) is 0 Å². The number of esters is 1. The summed E-state index contributed by atoms with van der Waals surface area (Å²) in [6.45, 7) is 5.07. The molecule has 0 aliphatic heterocycles. The van der Waals surface area contributed by atoms with Gasteiger partial charge in [0.15, 0.2) is 0 Å². The molecule has 1 amide bonds. The molecule has 0 heterocycles. The van der Waals surface area contributed by atoms with Gasteiger partial charge in [0.1, 0.15) is 0 Å². The van der Waals surface area contributed by atoms with Crippen LogP contribution in [-0.2, 0) is 19.1 Å². The molecule has 0 aliphatic rings. The number of aliphatic carboxylic acids is 1. The molecule has 0 bridgehead atoms. The third kappa shape index (κ3) is 7.74. The first-order valence-corrected chi connectivity index (χ1v) is 8.75. The molecule has 1 rings (SSSR count). The predicted molar refractivity (Wildman–Crippen MR) is 95.7 cm³/mol. The van der Waals surface area contributed by atoms with Crippen molar-refractivity contribution in [3.63, 3.8) is 0 Å². The molecule has 2 unspecified atom stereocenters. The number of carboxylic acid groups (broad SMARTS) is 1. The maximum Gasteiger partial charge on any atom is 0.410 e. The van der Waals surface area contributed by atoms with E-state index in [0.29, 0.717) is 17.0 Å². The minimum absolute atomic E-state index is 0.132. The predicted octanol–water partition coefficient (Wildman–Crippen LogP) is 3.91. The van der Waals surface area contributed by atoms with Gasteiger partial charge in [-0.3, -0.25) is 9.59 Å². The number of nitrogens with one attached hydrogen (secondary N) is 1. The molecule has 144 valence electrons. The third-order valence-electron chi connectivity index (χ3n) is 3.50. The summed E-state index contributed by atoms with van der Waals surface area (Å²) in [5.41, 5.74) is 0.694. The van der Waals surface area contributed by atoms with Crippen LogP contribution in [-0.4, -0.2) is 29.4 Å². The molecule has 2 atom stereocenters. The van der Waals surface area contributed by atoms with Crippen molar-refractivity contribution in [2.45, 2.75) is 52.4 Å². The zero-order valence-corrected chi connectivity index (χ0v) is 15.8. The topological polar surface area (TPSA) is 102 Å². The normalized spacial score (nSPS) is 13.0. The monoisotopic (exact) mass is 385 g/mol. The third-order valence-corrected chi connectivity index (χ3v) is 3.75. The minimum atomic E-state index is -1.00. The maximum atomic E-state index is 12.2. The largest absolute Gasteiger partial charge is 0.481 e. The number of amides is 1. The van der Waals surface area contributed by atoms with E-state index in [9.17, 15) is 14.4 Å². The molecule has 0 spiro atoms. The Morgan fingerprint density at radius 2 is 1.77 bits per heavy atom. The van der Waals surface area contributed by atoms with Crippen LogP contribution in [0.25, 0.3) is 0 Å². The summed E-state index contributed by atoms with van der Waals surface area (Å²) in [4.78, 5) is 34.7. The van der Waals surface area contributed by atoms with Gasteiger partial charge in [-0.15, -0.1) is 0 Å². The highest BCUT2D eigenvalue weighted by Gasteiger charge is 2.22. The quantitative estimate of drug-likeness (QED) is 0.493. The van der Waals surface area contributed by atoms with Gasteiger partial charge in [0, 0.05) is 17.9 Å². The summed E-state index contributed by atoms with van der Waals surface area (Å²) < 4.78 is 10.2. The standard InChI is InChI=1S/C18H24ClNO6/c1-4-16(25-17(23)11(2)3)26-18(24)20-14(9-10-15(21)22)12-5-7-13(19)8-6-12/h5-8,11,14,16H,4,9-10H2,1-3H3,(H,20,24)(H,21,22). The molecule has 0 fully saturated rings. The highest BCUT2D eigenvalue weighted by Crippen LogP contribution is 2.21. The SMILES string of the molecule is CCC(OC(=O)NC(CCC(=O)O)c1ccc(Cl)cc1)OC(=O)C(C)C. The first-order valence-electron chi connectivity index (χ1n) is 8.37. The molecule has 0 radical (unpaired) electrons. The Hall–Kier alpha value is -2.28. The number of benzene rings is 1. The molecule has 0 aliphatic carbocycles. The van der Waals surface area contributed by atoms with Crippen LogP contribution in [0.4, 0.5) is 4.79 Å². The van der Waals surface area contributed by atoms with Crippen molar-refractivity contribution in [3.05, 3.63) is 34.9 Å². The second-order valence-electron chi connectivity index (χ2n) is 6.02. The lowest BCUT2D eigenvalue weighted by molar-refractivity contribution is -0.172. The van der Waals surface area contributed by atoms with E-state index in [1.807, 2.05) is 0 Å². The van der Waals surface area contributed by atoms with E-state index < -0.39 is 30.4 Å². The van der Waals surface area contributed by atoms with E-state index in [4.69, 9.17) is 26.2 Å². The number of carboxylic acids is 1. The molecule has 2 N–H and O–H groups in total. The fraction of sp³-hybridized carbons (Fsp3) is 0.500. The zero-order chi connectivity index (χ0) is 19.7. The lowest BCUT2D eigenvalue weighted by Crippen LogP contribution is -2.34. The van der Waals surface area contributed by atoms with Crippen molar-refractivity contribution in [2.24, 2.45) is 5.92 Å². The van der Waals surface area contributed by atoms with Crippen molar-refractivity contribution in [1.82, 2.24) is 5.32 Å². The van der Waals surface area contributed by atoms with Gasteiger partial charge in [-0.25, -0.2) is 4.79 Å². The van der Waals surface area contributed by atoms with Crippen LogP contribution in [0.1, 0.15) is 51.6 Å². The molecule has 1 aromatic rings. The Morgan fingerprint density at radius 1 is 1.15 bits per heavy atom. The van der Waals surface area contributed by atoms with E-state index in [-0.39, 0.29) is 18.8 Å². The van der Waals surface area contributed by atoms with E-state index >= 15 is 0 Å². The van der Waals surface area contributed by atoms with E-state index in [1.54, 1.807) is 45.0 Å². The van der Waals surface area contributed by atoms with Crippen LogP contribution in [0.5, 0.6) is 0 Å². The van der Waals surface area contributed by atoms with E-state index in [1.165, 1.54) is 0 Å². The Bertz CT molecular complexity index is 617. The van der Waals surface area contributed by atoms with Crippen LogP contribution >= 0.6 is 11.6 Å². The lowest BCUT2D eigenvalue weighted by Gasteiger charge is -2.22. The summed E-state index contributed by atoms with van der Waals surface area (Å²) in [5, 5.41) is 12.0. The summed E-state index contributed by atoms with van der Waals surface area (Å²) in [7, 11) is 0. The number of halogens is 1. The number of alkyl carbamates (subject to hydrolysis) is 1. The van der Waals surface area contributed by atoms with Gasteiger partial charge in [-0.2, -0.15) is 0 Å². The van der Waals surface area contributed by atoms with Crippen LogP contribution < -0.4 is 5.32 Å². The average molecular weight is 386 g/mol. The van der Waals surface area contributed by atoms with Crippen LogP contribution in [0.3, 0.4) is 0 Å². The molecular formula is C18H24ClNO6. The average Bonchev–Trinajstić information content (AvgIpc) is 2.58. The van der Waals surface area contributed by atoms with Gasteiger partial charge in [0.2, 0.25) is 6.29 Å². The lowest BCUT2D eigenvalue weighted by atomic mass is 10.0. The first kappa shape index (κ1) is 21.8. The minimum Gasteiger partial charge on any atom is -0.481 e. The van der Waals surface area contributed by atoms with Crippen molar-refractivity contribution in [1.29, 1.82) is 0 Å². The Morgan fingerprint density at radius 3 is 2.27 bits per heavy atom. The number of hydrogen-bond acceptors (Lipinski definition) is 5. The summed E-state index contributed by atoms with van der Waals surface area (Å²) >= 11 is 5.86. The number of ether oxygens (including phenoxy) is 2. The number of hydrogen-bond donors (Lipinski definition) is 2. The van der Waals surface area contributed by atoms with Crippen LogP contribution in [0.15, 0.2) is 24.3 Å². The fourth-order valence-electron chi connectivity index (χ4n) is 2.04. The van der Waals surface area contributed by atoms with E-state index in [2.05, 4.69) is 5.32 Å². The number of rotatable bonds is 9. The molecule has 1 aromatic carbocycles. The number of carbonyl (C=O) groups excluding carboxylic acids is 2.